The molecule has 9 nitrogen and oxygen atoms in total. The zero-order valence-electron chi connectivity index (χ0n) is 22.6. The van der Waals surface area contributed by atoms with E-state index in [0.29, 0.717) is 24.1 Å². The third kappa shape index (κ3) is 7.14. The summed E-state index contributed by atoms with van der Waals surface area (Å²) in [6.07, 6.45) is 5.03. The lowest BCUT2D eigenvalue weighted by molar-refractivity contribution is -0.138. The van der Waals surface area contributed by atoms with Crippen LogP contribution >= 0.6 is 0 Å². The summed E-state index contributed by atoms with van der Waals surface area (Å²) in [7, 11) is 5.30. The summed E-state index contributed by atoms with van der Waals surface area (Å²) >= 11 is 0. The van der Waals surface area contributed by atoms with Crippen molar-refractivity contribution in [3.05, 3.63) is 87.6 Å². The highest BCUT2D eigenvalue weighted by molar-refractivity contribution is 5.82. The molecule has 3 aromatic rings. The third-order valence-corrected chi connectivity index (χ3v) is 6.47. The van der Waals surface area contributed by atoms with Crippen LogP contribution in [-0.2, 0) is 20.7 Å². The van der Waals surface area contributed by atoms with Crippen molar-refractivity contribution in [1.29, 1.82) is 0 Å². The molecule has 38 heavy (non-hydrogen) atoms. The van der Waals surface area contributed by atoms with Gasteiger partial charge in [0, 0.05) is 43.4 Å². The Balaban J connectivity index is 1.95. The van der Waals surface area contributed by atoms with Gasteiger partial charge in [0.05, 0.1) is 19.1 Å². The van der Waals surface area contributed by atoms with Crippen LogP contribution in [0.5, 0.6) is 0 Å². The number of methoxy groups -OCH3 is 1. The van der Waals surface area contributed by atoms with Gasteiger partial charge in [-0.25, -0.2) is 0 Å². The van der Waals surface area contributed by atoms with Gasteiger partial charge in [0.25, 0.3) is 5.56 Å². The van der Waals surface area contributed by atoms with Crippen molar-refractivity contribution < 1.29 is 19.4 Å². The molecule has 1 amide bonds. The first-order valence-corrected chi connectivity index (χ1v) is 12.5. The number of aryl methyl sites for hydroxylation is 2. The van der Waals surface area contributed by atoms with Gasteiger partial charge in [-0.2, -0.15) is 0 Å². The number of carboxylic acid groups (broad SMARTS) is 1. The van der Waals surface area contributed by atoms with E-state index in [4.69, 9.17) is 4.74 Å². The summed E-state index contributed by atoms with van der Waals surface area (Å²) in [5.74, 6) is -1.58. The van der Waals surface area contributed by atoms with Crippen LogP contribution in [0.1, 0.15) is 40.8 Å². The Labute approximate surface area is 223 Å². The van der Waals surface area contributed by atoms with Crippen molar-refractivity contribution in [2.24, 2.45) is 0 Å². The first-order valence-electron chi connectivity index (χ1n) is 12.5. The molecule has 0 unspecified atom stereocenters. The number of hydrogen-bond acceptors (Lipinski definition) is 6. The molecule has 0 aliphatic carbocycles. The molecule has 0 saturated carbocycles. The van der Waals surface area contributed by atoms with Crippen LogP contribution in [0.3, 0.4) is 0 Å². The van der Waals surface area contributed by atoms with Crippen molar-refractivity contribution in [3.8, 4) is 11.1 Å². The first kappa shape index (κ1) is 28.7. The van der Waals surface area contributed by atoms with Gasteiger partial charge in [0.15, 0.2) is 0 Å². The molecule has 0 saturated heterocycles. The smallest absolute Gasteiger partial charge is 0.305 e. The number of hydrogen-bond donors (Lipinski definition) is 2. The fraction of sp³-hybridized carbons (Fsp3) is 0.379. The summed E-state index contributed by atoms with van der Waals surface area (Å²) < 4.78 is 6.64. The summed E-state index contributed by atoms with van der Waals surface area (Å²) in [4.78, 5) is 44.8. The van der Waals surface area contributed by atoms with E-state index >= 15 is 0 Å². The van der Waals surface area contributed by atoms with Crippen LogP contribution in [0, 0.1) is 13.8 Å². The Bertz CT molecular complexity index is 1310. The summed E-state index contributed by atoms with van der Waals surface area (Å²) in [5.41, 5.74) is 4.85. The Hall–Kier alpha value is -3.82. The standard InChI is InChI=1S/C29H36N4O5/c1-19-8-6-9-20(2)27(19)23-14-22(16-30-17-23)24(15-26(34)35)31-28(36)25(18-38-5)33-12-7-10-21(29(33)37)11-13-32(3)4/h6-10,12,14,16-17,24-25H,11,13,15,18H2,1-5H3,(H,31,36)(H,34,35)/t24-,25-/m0/s1. The Morgan fingerprint density at radius 1 is 1.13 bits per heavy atom. The molecule has 0 fully saturated rings. The van der Waals surface area contributed by atoms with E-state index in [1.807, 2.05) is 57.1 Å². The van der Waals surface area contributed by atoms with Gasteiger partial charge in [0.2, 0.25) is 5.91 Å². The van der Waals surface area contributed by atoms with E-state index in [0.717, 1.165) is 22.3 Å². The largest absolute Gasteiger partial charge is 0.481 e. The van der Waals surface area contributed by atoms with Crippen molar-refractivity contribution in [2.75, 3.05) is 34.4 Å². The average molecular weight is 521 g/mol. The molecule has 0 bridgehead atoms. The number of carboxylic acids is 1. The predicted molar refractivity (Wildman–Crippen MR) is 146 cm³/mol. The lowest BCUT2D eigenvalue weighted by atomic mass is 9.94. The average Bonchev–Trinajstić information content (AvgIpc) is 2.86. The minimum Gasteiger partial charge on any atom is -0.481 e. The highest BCUT2D eigenvalue weighted by Gasteiger charge is 2.27. The number of benzene rings is 1. The molecular formula is C29H36N4O5. The molecule has 1 aromatic carbocycles. The lowest BCUT2D eigenvalue weighted by Gasteiger charge is -2.24. The predicted octanol–water partition coefficient (Wildman–Crippen LogP) is 3.15. The molecule has 0 aliphatic heterocycles. The quantitative estimate of drug-likeness (QED) is 0.377. The number of nitrogens with one attached hydrogen (secondary N) is 1. The van der Waals surface area contributed by atoms with E-state index < -0.39 is 24.0 Å². The Morgan fingerprint density at radius 3 is 2.47 bits per heavy atom. The van der Waals surface area contributed by atoms with Crippen LogP contribution in [0.25, 0.3) is 11.1 Å². The minimum atomic E-state index is -1.07. The van der Waals surface area contributed by atoms with E-state index in [9.17, 15) is 19.5 Å². The van der Waals surface area contributed by atoms with Crippen molar-refractivity contribution >= 4 is 11.9 Å². The molecule has 9 heteroatoms. The lowest BCUT2D eigenvalue weighted by Crippen LogP contribution is -2.42. The van der Waals surface area contributed by atoms with Crippen LogP contribution in [0.15, 0.2) is 59.8 Å². The van der Waals surface area contributed by atoms with Crippen LogP contribution in [0.4, 0.5) is 0 Å². The molecule has 0 radical (unpaired) electrons. The molecular weight excluding hydrogens is 484 g/mol. The van der Waals surface area contributed by atoms with E-state index in [2.05, 4.69) is 10.3 Å². The highest BCUT2D eigenvalue weighted by atomic mass is 16.5. The molecule has 202 valence electrons. The van der Waals surface area contributed by atoms with Crippen molar-refractivity contribution in [2.45, 2.75) is 38.8 Å². The minimum absolute atomic E-state index is 0.0522. The second kappa shape index (κ2) is 13.1. The Morgan fingerprint density at radius 2 is 1.84 bits per heavy atom. The van der Waals surface area contributed by atoms with Gasteiger partial charge >= 0.3 is 5.97 Å². The zero-order valence-corrected chi connectivity index (χ0v) is 22.6. The Kier molecular flexibility index (Phi) is 9.92. The number of pyridine rings is 2. The van der Waals surface area contributed by atoms with Gasteiger partial charge in [-0.3, -0.25) is 19.4 Å². The number of aromatic nitrogens is 2. The monoisotopic (exact) mass is 520 g/mol. The highest BCUT2D eigenvalue weighted by Crippen LogP contribution is 2.29. The van der Waals surface area contributed by atoms with E-state index in [-0.39, 0.29) is 18.6 Å². The van der Waals surface area contributed by atoms with Crippen LogP contribution in [0.2, 0.25) is 0 Å². The number of likely N-dealkylation sites (N-methyl/N-ethyl adjacent to an activating group) is 1. The second-order valence-corrected chi connectivity index (χ2v) is 9.70. The molecule has 3 rings (SSSR count). The van der Waals surface area contributed by atoms with Crippen LogP contribution in [-0.4, -0.2) is 65.8 Å². The fourth-order valence-corrected chi connectivity index (χ4v) is 4.53. The number of rotatable bonds is 12. The number of nitrogens with zero attached hydrogens (tertiary/aromatic N) is 3. The summed E-state index contributed by atoms with van der Waals surface area (Å²) in [6.45, 7) is 4.64. The number of ether oxygens (including phenoxy) is 1. The summed E-state index contributed by atoms with van der Waals surface area (Å²) in [5, 5.41) is 12.5. The van der Waals surface area contributed by atoms with Gasteiger partial charge < -0.3 is 24.6 Å². The molecule has 2 aromatic heterocycles. The van der Waals surface area contributed by atoms with Crippen LogP contribution < -0.4 is 10.9 Å². The number of carbonyl (C=O) groups excluding carboxylic acids is 1. The molecule has 0 aliphatic rings. The normalized spacial score (nSPS) is 12.8. The molecule has 2 atom stereocenters. The van der Waals surface area contributed by atoms with Crippen molar-refractivity contribution in [1.82, 2.24) is 19.8 Å². The molecule has 2 heterocycles. The SMILES string of the molecule is COC[C@@H](C(=O)N[C@@H](CC(=O)O)c1cncc(-c2c(C)cccc2C)c1)n1cccc(CCN(C)C)c1=O. The van der Waals surface area contributed by atoms with E-state index in [1.54, 1.807) is 30.7 Å². The second-order valence-electron chi connectivity index (χ2n) is 9.70. The third-order valence-electron chi connectivity index (χ3n) is 6.47. The molecule has 2 N–H and O–H groups in total. The molecule has 0 spiro atoms. The topological polar surface area (TPSA) is 114 Å². The van der Waals surface area contributed by atoms with Gasteiger partial charge in [-0.15, -0.1) is 0 Å². The van der Waals surface area contributed by atoms with Gasteiger partial charge in [-0.1, -0.05) is 24.3 Å². The summed E-state index contributed by atoms with van der Waals surface area (Å²) in [6, 6.07) is 9.50. The van der Waals surface area contributed by atoms with Gasteiger partial charge in [0.1, 0.15) is 6.04 Å². The maximum Gasteiger partial charge on any atom is 0.305 e. The van der Waals surface area contributed by atoms with Gasteiger partial charge in [-0.05, 0) is 68.8 Å². The maximum atomic E-state index is 13.5. The van der Waals surface area contributed by atoms with E-state index in [1.165, 1.54) is 11.7 Å². The zero-order chi connectivity index (χ0) is 27.8. The first-order chi connectivity index (χ1) is 18.1. The number of carbonyl (C=O) groups is 2. The number of amides is 1. The van der Waals surface area contributed by atoms with Crippen molar-refractivity contribution in [3.63, 3.8) is 0 Å². The fourth-order valence-electron chi connectivity index (χ4n) is 4.53. The maximum absolute atomic E-state index is 13.5. The number of aliphatic carboxylic acids is 1.